The van der Waals surface area contributed by atoms with Crippen LogP contribution in [-0.2, 0) is 10.0 Å². The Morgan fingerprint density at radius 3 is 2.43 bits per heavy atom. The standard InChI is InChI=1S/C13H7Br2FN2O2S/c14-9-2-4-13(10(15)6-9)21(19,20)18-12-3-1-8(7-17)5-11(12)16/h1-6,18H. The van der Waals surface area contributed by atoms with Gasteiger partial charge in [0, 0.05) is 8.95 Å². The molecule has 0 aliphatic rings. The van der Waals surface area contributed by atoms with Crippen LogP contribution in [-0.4, -0.2) is 8.42 Å². The van der Waals surface area contributed by atoms with Crippen LogP contribution in [0.3, 0.4) is 0 Å². The summed E-state index contributed by atoms with van der Waals surface area (Å²) in [6, 6.07) is 9.80. The molecule has 4 nitrogen and oxygen atoms in total. The molecule has 8 heteroatoms. The summed E-state index contributed by atoms with van der Waals surface area (Å²) in [5.41, 5.74) is -0.107. The number of benzene rings is 2. The number of hydrogen-bond donors (Lipinski definition) is 1. The quantitative estimate of drug-likeness (QED) is 0.794. The van der Waals surface area contributed by atoms with Crippen molar-refractivity contribution in [2.24, 2.45) is 0 Å². The SMILES string of the molecule is N#Cc1ccc(NS(=O)(=O)c2ccc(Br)cc2Br)c(F)c1. The number of anilines is 1. The van der Waals surface area contributed by atoms with Crippen molar-refractivity contribution in [3.8, 4) is 6.07 Å². The molecule has 2 rings (SSSR count). The van der Waals surface area contributed by atoms with E-state index in [1.165, 1.54) is 18.2 Å². The molecule has 0 saturated heterocycles. The molecular formula is C13H7Br2FN2O2S. The first-order valence-corrected chi connectivity index (χ1v) is 8.58. The van der Waals surface area contributed by atoms with E-state index in [1.807, 2.05) is 0 Å². The molecule has 0 aliphatic carbocycles. The van der Waals surface area contributed by atoms with Gasteiger partial charge in [0.25, 0.3) is 10.0 Å². The van der Waals surface area contributed by atoms with Crippen LogP contribution >= 0.6 is 31.9 Å². The monoisotopic (exact) mass is 432 g/mol. The van der Waals surface area contributed by atoms with Crippen molar-refractivity contribution in [3.05, 3.63) is 56.7 Å². The lowest BCUT2D eigenvalue weighted by atomic mass is 10.2. The third-order valence-electron chi connectivity index (χ3n) is 2.53. The highest BCUT2D eigenvalue weighted by atomic mass is 79.9. The maximum atomic E-state index is 13.8. The van der Waals surface area contributed by atoms with Gasteiger partial charge in [-0.3, -0.25) is 4.72 Å². The van der Waals surface area contributed by atoms with Crippen LogP contribution in [0.15, 0.2) is 50.2 Å². The fourth-order valence-corrected chi connectivity index (χ4v) is 4.37. The largest absolute Gasteiger partial charge is 0.277 e. The van der Waals surface area contributed by atoms with Gasteiger partial charge in [-0.2, -0.15) is 5.26 Å². The predicted molar refractivity (Wildman–Crippen MR) is 83.8 cm³/mol. The fraction of sp³-hybridized carbons (Fsp3) is 0. The van der Waals surface area contributed by atoms with Gasteiger partial charge in [-0.25, -0.2) is 12.8 Å². The minimum absolute atomic E-state index is 0.0190. The van der Waals surface area contributed by atoms with Crippen LogP contribution < -0.4 is 4.72 Å². The summed E-state index contributed by atoms with van der Waals surface area (Å²) >= 11 is 6.37. The van der Waals surface area contributed by atoms with Gasteiger partial charge in [-0.1, -0.05) is 15.9 Å². The average molecular weight is 434 g/mol. The van der Waals surface area contributed by atoms with Crippen molar-refractivity contribution in [3.63, 3.8) is 0 Å². The predicted octanol–water partition coefficient (Wildman–Crippen LogP) is 4.02. The molecule has 0 spiro atoms. The lowest BCUT2D eigenvalue weighted by molar-refractivity contribution is 0.598. The van der Waals surface area contributed by atoms with Gasteiger partial charge >= 0.3 is 0 Å². The Morgan fingerprint density at radius 1 is 1.14 bits per heavy atom. The van der Waals surface area contributed by atoms with Gasteiger partial charge in [-0.05, 0) is 52.3 Å². The van der Waals surface area contributed by atoms with E-state index in [2.05, 4.69) is 36.6 Å². The van der Waals surface area contributed by atoms with Gasteiger partial charge in [0.05, 0.1) is 17.3 Å². The molecule has 0 aromatic heterocycles. The van der Waals surface area contributed by atoms with Gasteiger partial charge in [0.1, 0.15) is 10.7 Å². The third kappa shape index (κ3) is 3.61. The van der Waals surface area contributed by atoms with Crippen LogP contribution in [0.25, 0.3) is 0 Å². The summed E-state index contributed by atoms with van der Waals surface area (Å²) in [6.07, 6.45) is 0. The van der Waals surface area contributed by atoms with Crippen LogP contribution in [0.4, 0.5) is 10.1 Å². The van der Waals surface area contributed by atoms with Crippen molar-refractivity contribution in [2.75, 3.05) is 4.72 Å². The summed E-state index contributed by atoms with van der Waals surface area (Å²) in [7, 11) is -3.94. The Kier molecular flexibility index (Phi) is 4.66. The smallest absolute Gasteiger partial charge is 0.263 e. The Balaban J connectivity index is 2.40. The van der Waals surface area contributed by atoms with E-state index in [1.54, 1.807) is 18.2 Å². The molecule has 0 bridgehead atoms. The van der Waals surface area contributed by atoms with Crippen molar-refractivity contribution in [1.29, 1.82) is 5.26 Å². The molecular weight excluding hydrogens is 427 g/mol. The molecule has 2 aromatic rings. The zero-order chi connectivity index (χ0) is 15.6. The number of rotatable bonds is 3. The molecule has 0 saturated carbocycles. The number of hydrogen-bond acceptors (Lipinski definition) is 3. The maximum absolute atomic E-state index is 13.8. The number of halogens is 3. The molecule has 21 heavy (non-hydrogen) atoms. The molecule has 0 atom stereocenters. The van der Waals surface area contributed by atoms with Crippen LogP contribution in [0.5, 0.6) is 0 Å². The van der Waals surface area contributed by atoms with E-state index in [-0.39, 0.29) is 16.1 Å². The third-order valence-corrected chi connectivity index (χ3v) is 5.36. The summed E-state index contributed by atoms with van der Waals surface area (Å²) in [5, 5.41) is 8.66. The van der Waals surface area contributed by atoms with Crippen molar-refractivity contribution < 1.29 is 12.8 Å². The van der Waals surface area contributed by atoms with E-state index in [0.717, 1.165) is 6.07 Å². The highest BCUT2D eigenvalue weighted by molar-refractivity contribution is 9.11. The zero-order valence-corrected chi connectivity index (χ0v) is 14.3. The summed E-state index contributed by atoms with van der Waals surface area (Å²) in [5.74, 6) is -0.814. The van der Waals surface area contributed by atoms with Gasteiger partial charge in [0.2, 0.25) is 0 Å². The van der Waals surface area contributed by atoms with Crippen LogP contribution in [0.1, 0.15) is 5.56 Å². The van der Waals surface area contributed by atoms with Crippen LogP contribution in [0, 0.1) is 17.1 Å². The minimum Gasteiger partial charge on any atom is -0.277 e. The first-order chi connectivity index (χ1) is 9.83. The molecule has 1 N–H and O–H groups in total. The number of nitrogens with one attached hydrogen (secondary N) is 1. The number of nitrogens with zero attached hydrogens (tertiary/aromatic N) is 1. The molecule has 2 aromatic carbocycles. The summed E-state index contributed by atoms with van der Waals surface area (Å²) < 4.78 is 41.5. The highest BCUT2D eigenvalue weighted by Crippen LogP contribution is 2.28. The fourth-order valence-electron chi connectivity index (χ4n) is 1.56. The van der Waals surface area contributed by atoms with E-state index >= 15 is 0 Å². The lowest BCUT2D eigenvalue weighted by Crippen LogP contribution is -2.14. The maximum Gasteiger partial charge on any atom is 0.263 e. The van der Waals surface area contributed by atoms with Crippen molar-refractivity contribution in [2.45, 2.75) is 4.90 Å². The van der Waals surface area contributed by atoms with Crippen molar-refractivity contribution in [1.82, 2.24) is 0 Å². The topological polar surface area (TPSA) is 70.0 Å². The van der Waals surface area contributed by atoms with Gasteiger partial charge in [0.15, 0.2) is 0 Å². The molecule has 0 unspecified atom stereocenters. The van der Waals surface area contributed by atoms with Gasteiger partial charge < -0.3 is 0 Å². The first-order valence-electron chi connectivity index (χ1n) is 5.51. The second-order valence-corrected chi connectivity index (χ2v) is 7.41. The van der Waals surface area contributed by atoms with E-state index in [9.17, 15) is 12.8 Å². The molecule has 0 heterocycles. The molecule has 0 amide bonds. The molecule has 108 valence electrons. The number of nitriles is 1. The normalized spacial score (nSPS) is 11.0. The second-order valence-electron chi connectivity index (χ2n) is 3.99. The lowest BCUT2D eigenvalue weighted by Gasteiger charge is -2.10. The molecule has 0 aliphatic heterocycles. The van der Waals surface area contributed by atoms with E-state index in [4.69, 9.17) is 5.26 Å². The van der Waals surface area contributed by atoms with E-state index in [0.29, 0.717) is 8.95 Å². The Hall–Kier alpha value is -1.43. The zero-order valence-electron chi connectivity index (χ0n) is 10.3. The summed E-state index contributed by atoms with van der Waals surface area (Å²) in [6.45, 7) is 0. The van der Waals surface area contributed by atoms with Crippen molar-refractivity contribution >= 4 is 47.6 Å². The Morgan fingerprint density at radius 2 is 1.86 bits per heavy atom. The summed E-state index contributed by atoms with van der Waals surface area (Å²) in [4.78, 5) is -0.0190. The van der Waals surface area contributed by atoms with Crippen LogP contribution in [0.2, 0.25) is 0 Å². The average Bonchev–Trinajstić information content (AvgIpc) is 2.40. The molecule has 0 fully saturated rings. The van der Waals surface area contributed by atoms with E-state index < -0.39 is 15.8 Å². The second kappa shape index (κ2) is 6.13. The Labute approximate surface area is 137 Å². The van der Waals surface area contributed by atoms with Gasteiger partial charge in [-0.15, -0.1) is 0 Å². The first kappa shape index (κ1) is 15.9. The molecule has 0 radical (unpaired) electrons. The Bertz CT molecular complexity index is 848. The minimum atomic E-state index is -3.94. The highest BCUT2D eigenvalue weighted by Gasteiger charge is 2.19. The number of sulfonamides is 1.